The molecule has 0 saturated carbocycles. The van der Waals surface area contributed by atoms with Gasteiger partial charge in [-0.3, -0.25) is 9.59 Å². The lowest BCUT2D eigenvalue weighted by molar-refractivity contribution is -0.139. The van der Waals surface area contributed by atoms with Crippen molar-refractivity contribution in [3.63, 3.8) is 0 Å². The van der Waals surface area contributed by atoms with Crippen LogP contribution in [0.3, 0.4) is 0 Å². The van der Waals surface area contributed by atoms with E-state index < -0.39 is 0 Å². The van der Waals surface area contributed by atoms with Gasteiger partial charge in [0, 0.05) is 26.2 Å². The summed E-state index contributed by atoms with van der Waals surface area (Å²) in [5.41, 5.74) is 5.56. The Morgan fingerprint density at radius 3 is 1.48 bits per heavy atom. The number of unbranched alkanes of at least 4 members (excludes halogenated alkanes) is 14. The second kappa shape index (κ2) is 18.5. The second-order valence-corrected chi connectivity index (χ2v) is 9.55. The smallest absolute Gasteiger partial charge is 0.227 e. The van der Waals surface area contributed by atoms with Gasteiger partial charge in [-0.15, -0.1) is 0 Å². The molecule has 1 fully saturated rings. The fraction of sp³-hybridized carbons (Fsp3) is 0.923. The van der Waals surface area contributed by atoms with Crippen LogP contribution < -0.4 is 11.1 Å². The van der Waals surface area contributed by atoms with Crippen LogP contribution in [0.4, 0.5) is 0 Å². The van der Waals surface area contributed by atoms with Gasteiger partial charge < -0.3 is 16.0 Å². The quantitative estimate of drug-likeness (QED) is 0.250. The summed E-state index contributed by atoms with van der Waals surface area (Å²) in [7, 11) is 0. The van der Waals surface area contributed by atoms with Gasteiger partial charge in [-0.05, 0) is 12.8 Å². The fourth-order valence-electron chi connectivity index (χ4n) is 4.68. The zero-order chi connectivity index (χ0) is 22.7. The normalized spacial score (nSPS) is 18.4. The Morgan fingerprint density at radius 1 is 0.677 bits per heavy atom. The van der Waals surface area contributed by atoms with E-state index in [2.05, 4.69) is 19.2 Å². The van der Waals surface area contributed by atoms with Crippen LogP contribution in [0.5, 0.6) is 0 Å². The van der Waals surface area contributed by atoms with Crippen LogP contribution in [-0.2, 0) is 9.59 Å². The molecule has 5 nitrogen and oxygen atoms in total. The highest BCUT2D eigenvalue weighted by molar-refractivity contribution is 5.88. The van der Waals surface area contributed by atoms with Gasteiger partial charge in [-0.1, -0.05) is 104 Å². The molecule has 5 heteroatoms. The minimum absolute atomic E-state index is 0.139. The number of rotatable bonds is 20. The fourth-order valence-corrected chi connectivity index (χ4v) is 4.68. The molecule has 1 rings (SSSR count). The number of nitrogens with one attached hydrogen (secondary N) is 1. The molecule has 2 unspecified atom stereocenters. The standard InChI is InChI=1S/C26H51N3O2/c1-3-5-7-9-11-13-15-17-19-29(20-18-16-14-12-10-8-6-4-2)26(31)24-22-28-21-23(24)25(27)30/h23-24,28H,3-22H2,1-2H3,(H2,27,30). The Kier molecular flexibility index (Phi) is 16.6. The highest BCUT2D eigenvalue weighted by atomic mass is 16.2. The van der Waals surface area contributed by atoms with E-state index in [-0.39, 0.29) is 23.7 Å². The van der Waals surface area contributed by atoms with E-state index in [1.807, 2.05) is 4.90 Å². The van der Waals surface area contributed by atoms with Crippen LogP contribution in [-0.4, -0.2) is 42.9 Å². The lowest BCUT2D eigenvalue weighted by Gasteiger charge is -2.27. The van der Waals surface area contributed by atoms with Gasteiger partial charge in [0.05, 0.1) is 11.8 Å². The largest absolute Gasteiger partial charge is 0.369 e. The summed E-state index contributed by atoms with van der Waals surface area (Å²) in [6.45, 7) is 7.27. The maximum Gasteiger partial charge on any atom is 0.227 e. The van der Waals surface area contributed by atoms with Gasteiger partial charge in [-0.2, -0.15) is 0 Å². The zero-order valence-electron chi connectivity index (χ0n) is 20.6. The first-order valence-electron chi connectivity index (χ1n) is 13.4. The number of amides is 2. The zero-order valence-corrected chi connectivity index (χ0v) is 20.6. The van der Waals surface area contributed by atoms with Crippen LogP contribution in [0.2, 0.25) is 0 Å². The summed E-state index contributed by atoms with van der Waals surface area (Å²) in [5.74, 6) is -0.838. The van der Waals surface area contributed by atoms with E-state index in [1.165, 1.54) is 89.9 Å². The molecule has 0 radical (unpaired) electrons. The monoisotopic (exact) mass is 437 g/mol. The minimum Gasteiger partial charge on any atom is -0.369 e. The molecule has 1 aliphatic heterocycles. The Morgan fingerprint density at radius 2 is 1.06 bits per heavy atom. The molecular weight excluding hydrogens is 386 g/mol. The third-order valence-corrected chi connectivity index (χ3v) is 6.77. The first-order valence-corrected chi connectivity index (χ1v) is 13.4. The molecule has 0 bridgehead atoms. The summed E-state index contributed by atoms with van der Waals surface area (Å²) in [5, 5.41) is 3.19. The van der Waals surface area contributed by atoms with Crippen molar-refractivity contribution in [2.24, 2.45) is 17.6 Å². The van der Waals surface area contributed by atoms with Crippen molar-refractivity contribution in [1.82, 2.24) is 10.2 Å². The van der Waals surface area contributed by atoms with Crippen molar-refractivity contribution in [2.75, 3.05) is 26.2 Å². The number of hydrogen-bond donors (Lipinski definition) is 2. The number of nitrogens with zero attached hydrogens (tertiary/aromatic N) is 1. The van der Waals surface area contributed by atoms with Crippen LogP contribution in [0.1, 0.15) is 117 Å². The van der Waals surface area contributed by atoms with Crippen molar-refractivity contribution >= 4 is 11.8 Å². The summed E-state index contributed by atoms with van der Waals surface area (Å²) >= 11 is 0. The van der Waals surface area contributed by atoms with Crippen LogP contribution in [0.25, 0.3) is 0 Å². The van der Waals surface area contributed by atoms with Crippen LogP contribution in [0, 0.1) is 11.8 Å². The van der Waals surface area contributed by atoms with Gasteiger partial charge in [-0.25, -0.2) is 0 Å². The van der Waals surface area contributed by atoms with E-state index in [4.69, 9.17) is 5.73 Å². The predicted molar refractivity (Wildman–Crippen MR) is 131 cm³/mol. The molecule has 2 atom stereocenters. The van der Waals surface area contributed by atoms with E-state index in [0.29, 0.717) is 13.1 Å². The van der Waals surface area contributed by atoms with Crippen LogP contribution >= 0.6 is 0 Å². The Balaban J connectivity index is 2.38. The summed E-state index contributed by atoms with van der Waals surface area (Å²) < 4.78 is 0. The molecule has 182 valence electrons. The third kappa shape index (κ3) is 12.5. The molecule has 1 heterocycles. The molecule has 0 aromatic rings. The van der Waals surface area contributed by atoms with Gasteiger partial charge in [0.15, 0.2) is 0 Å². The van der Waals surface area contributed by atoms with Crippen molar-refractivity contribution in [3.8, 4) is 0 Å². The number of carbonyl (C=O) groups is 2. The molecule has 0 aromatic carbocycles. The van der Waals surface area contributed by atoms with Crippen molar-refractivity contribution in [3.05, 3.63) is 0 Å². The number of primary amides is 1. The first kappa shape index (κ1) is 27.9. The highest BCUT2D eigenvalue weighted by Crippen LogP contribution is 2.21. The van der Waals surface area contributed by atoms with Gasteiger partial charge in [0.2, 0.25) is 11.8 Å². The molecule has 2 amide bonds. The summed E-state index contributed by atoms with van der Waals surface area (Å²) in [6.07, 6.45) is 20.3. The molecular formula is C26H51N3O2. The topological polar surface area (TPSA) is 75.4 Å². The van der Waals surface area contributed by atoms with Gasteiger partial charge in [0.25, 0.3) is 0 Å². The molecule has 0 aliphatic carbocycles. The highest BCUT2D eigenvalue weighted by Gasteiger charge is 2.38. The SMILES string of the molecule is CCCCCCCCCCN(CCCCCCCCCC)C(=O)C1CNCC1C(N)=O. The van der Waals surface area contributed by atoms with E-state index in [1.54, 1.807) is 0 Å². The lowest BCUT2D eigenvalue weighted by Crippen LogP contribution is -2.43. The van der Waals surface area contributed by atoms with E-state index in [9.17, 15) is 9.59 Å². The Bertz CT molecular complexity index is 450. The predicted octanol–water partition coefficient (Wildman–Crippen LogP) is 5.42. The lowest BCUT2D eigenvalue weighted by atomic mass is 9.93. The maximum absolute atomic E-state index is 13.2. The van der Waals surface area contributed by atoms with Gasteiger partial charge in [0.1, 0.15) is 0 Å². The number of nitrogens with two attached hydrogens (primary N) is 1. The van der Waals surface area contributed by atoms with E-state index in [0.717, 1.165) is 25.9 Å². The Hall–Kier alpha value is -1.10. The van der Waals surface area contributed by atoms with Crippen LogP contribution in [0.15, 0.2) is 0 Å². The maximum atomic E-state index is 13.2. The van der Waals surface area contributed by atoms with Crippen molar-refractivity contribution < 1.29 is 9.59 Å². The van der Waals surface area contributed by atoms with Gasteiger partial charge >= 0.3 is 0 Å². The average Bonchev–Trinajstić information content (AvgIpc) is 3.26. The average molecular weight is 438 g/mol. The summed E-state index contributed by atoms with van der Waals surface area (Å²) in [6, 6.07) is 0. The van der Waals surface area contributed by atoms with Crippen molar-refractivity contribution in [2.45, 2.75) is 117 Å². The second-order valence-electron chi connectivity index (χ2n) is 9.55. The number of hydrogen-bond acceptors (Lipinski definition) is 3. The molecule has 0 spiro atoms. The molecule has 3 N–H and O–H groups in total. The number of carbonyl (C=O) groups excluding carboxylic acids is 2. The minimum atomic E-state index is -0.355. The molecule has 1 saturated heterocycles. The van der Waals surface area contributed by atoms with Crippen molar-refractivity contribution in [1.29, 1.82) is 0 Å². The first-order chi connectivity index (χ1) is 15.1. The molecule has 31 heavy (non-hydrogen) atoms. The molecule has 0 aromatic heterocycles. The van der Waals surface area contributed by atoms with E-state index >= 15 is 0 Å². The Labute approximate surface area is 192 Å². The third-order valence-electron chi connectivity index (χ3n) is 6.77. The molecule has 1 aliphatic rings. The summed E-state index contributed by atoms with van der Waals surface area (Å²) in [4.78, 5) is 27.0.